The molecule has 4 aromatic rings. The van der Waals surface area contributed by atoms with Gasteiger partial charge in [-0.2, -0.15) is 23.5 Å². The van der Waals surface area contributed by atoms with E-state index in [1.165, 1.54) is 45.0 Å². The fraction of sp³-hybridized carbons (Fsp3) is 0.333. The molecule has 0 fully saturated rings. The van der Waals surface area contributed by atoms with Crippen LogP contribution in [-0.2, 0) is 21.1 Å². The first-order valence-corrected chi connectivity index (χ1v) is 20.9. The summed E-state index contributed by atoms with van der Waals surface area (Å²) in [6.07, 6.45) is 2.51. The SMILES string of the molecule is CC(C)(C)SCCP(c1ccccc1)c1ccccc1.CC(C)(C)SCCP(c1ccccc1)c1ccccc1.F[B-](F)(F)F.F[B-](F)(F)F.[Pt+2]. The minimum absolute atomic E-state index is 0. The Kier molecular flexibility index (Phi) is 24.3. The molecule has 0 nitrogen and oxygen atoms in total. The molecule has 284 valence electrons. The molecule has 0 radical (unpaired) electrons. The van der Waals surface area contributed by atoms with Crippen LogP contribution in [0.15, 0.2) is 121 Å². The zero-order valence-corrected chi connectivity index (χ0v) is 35.3. The van der Waals surface area contributed by atoms with E-state index in [9.17, 15) is 34.5 Å². The summed E-state index contributed by atoms with van der Waals surface area (Å²) < 4.78 is 78.7. The predicted molar refractivity (Wildman–Crippen MR) is 213 cm³/mol. The maximum Gasteiger partial charge on any atom is 2.00 e. The molecule has 4 rings (SSSR count). The van der Waals surface area contributed by atoms with Crippen molar-refractivity contribution in [1.82, 2.24) is 0 Å². The van der Waals surface area contributed by atoms with Gasteiger partial charge in [0, 0.05) is 9.49 Å². The molecule has 15 heteroatoms. The standard InChI is InChI=1S/2C18H23PS.2BF4.Pt/c2*1-18(2,3)20-15-14-19(16-10-6-4-7-11-16)17-12-8-5-9-13-17;2*2-1(3,4)5;/h2*4-13H,14-15H2,1-3H3;;;/q;;2*-1;+2. The third kappa shape index (κ3) is 28.8. The minimum atomic E-state index is -6.00. The van der Waals surface area contributed by atoms with Crippen molar-refractivity contribution in [1.29, 1.82) is 0 Å². The first-order valence-electron chi connectivity index (χ1n) is 15.9. The van der Waals surface area contributed by atoms with Crippen molar-refractivity contribution < 1.29 is 55.6 Å². The van der Waals surface area contributed by atoms with Gasteiger partial charge >= 0.3 is 35.6 Å². The van der Waals surface area contributed by atoms with E-state index in [2.05, 4.69) is 186 Å². The zero-order valence-electron chi connectivity index (χ0n) is 29.6. The van der Waals surface area contributed by atoms with E-state index >= 15 is 0 Å². The maximum atomic E-state index is 9.75. The average molecular weight is 974 g/mol. The van der Waals surface area contributed by atoms with Gasteiger partial charge in [-0.05, 0) is 60.9 Å². The maximum absolute atomic E-state index is 9.75. The predicted octanol–water partition coefficient (Wildman–Crippen LogP) is 11.9. The molecular weight excluding hydrogens is 927 g/mol. The summed E-state index contributed by atoms with van der Waals surface area (Å²) >= 11 is 4.13. The van der Waals surface area contributed by atoms with Crippen LogP contribution < -0.4 is 21.2 Å². The first kappa shape index (κ1) is 49.7. The fourth-order valence-corrected chi connectivity index (χ4v) is 11.3. The molecule has 51 heavy (non-hydrogen) atoms. The van der Waals surface area contributed by atoms with Crippen LogP contribution in [0.2, 0.25) is 0 Å². The molecule has 0 N–H and O–H groups in total. The Balaban J connectivity index is 0.000000764. The summed E-state index contributed by atoms with van der Waals surface area (Å²) in [4.78, 5) is 0. The Morgan fingerprint density at radius 2 is 0.588 bits per heavy atom. The van der Waals surface area contributed by atoms with Gasteiger partial charge in [-0.1, -0.05) is 163 Å². The molecule has 0 amide bonds. The molecule has 0 heterocycles. The topological polar surface area (TPSA) is 0 Å². The van der Waals surface area contributed by atoms with Crippen molar-refractivity contribution in [3.63, 3.8) is 0 Å². The Labute approximate surface area is 325 Å². The summed E-state index contributed by atoms with van der Waals surface area (Å²) in [6.45, 7) is 13.8. The van der Waals surface area contributed by atoms with E-state index in [4.69, 9.17) is 0 Å². The van der Waals surface area contributed by atoms with Gasteiger partial charge in [0.2, 0.25) is 0 Å². The summed E-state index contributed by atoms with van der Waals surface area (Å²) in [6, 6.07) is 43.9. The molecule has 0 aromatic heterocycles. The van der Waals surface area contributed by atoms with Crippen LogP contribution in [0.4, 0.5) is 34.5 Å². The Bertz CT molecular complexity index is 1230. The summed E-state index contributed by atoms with van der Waals surface area (Å²) in [5.41, 5.74) is 0. The van der Waals surface area contributed by atoms with Crippen LogP contribution in [0.1, 0.15) is 41.5 Å². The van der Waals surface area contributed by atoms with Crippen LogP contribution in [-0.4, -0.2) is 47.8 Å². The summed E-state index contributed by atoms with van der Waals surface area (Å²) in [5, 5.41) is 5.96. The first-order chi connectivity index (χ1) is 23.1. The van der Waals surface area contributed by atoms with Gasteiger partial charge < -0.3 is 34.5 Å². The van der Waals surface area contributed by atoms with E-state index in [-0.39, 0.29) is 36.9 Å². The number of hydrogen-bond donors (Lipinski definition) is 0. The number of hydrogen-bond acceptors (Lipinski definition) is 2. The third-order valence-corrected chi connectivity index (χ3v) is 14.2. The van der Waals surface area contributed by atoms with Crippen LogP contribution in [0.5, 0.6) is 0 Å². The molecule has 4 aromatic carbocycles. The van der Waals surface area contributed by atoms with E-state index in [1.54, 1.807) is 0 Å². The van der Waals surface area contributed by atoms with Crippen LogP contribution in [0, 0.1) is 0 Å². The second-order valence-corrected chi connectivity index (χ2v) is 21.1. The fourth-order valence-electron chi connectivity index (χ4n) is 4.13. The van der Waals surface area contributed by atoms with Gasteiger partial charge in [-0.15, -0.1) is 0 Å². The smallest absolute Gasteiger partial charge is 0.418 e. The van der Waals surface area contributed by atoms with Gasteiger partial charge in [0.05, 0.1) is 0 Å². The van der Waals surface area contributed by atoms with Crippen molar-refractivity contribution in [3.8, 4) is 0 Å². The van der Waals surface area contributed by atoms with Gasteiger partial charge in [0.25, 0.3) is 0 Å². The van der Waals surface area contributed by atoms with E-state index in [0.717, 1.165) is 0 Å². The Hall–Kier alpha value is -1.30. The molecule has 0 unspecified atom stereocenters. The number of benzene rings is 4. The molecule has 0 aliphatic heterocycles. The zero-order chi connectivity index (χ0) is 37.8. The van der Waals surface area contributed by atoms with E-state index in [0.29, 0.717) is 9.49 Å². The van der Waals surface area contributed by atoms with Crippen molar-refractivity contribution in [2.75, 3.05) is 23.8 Å². The monoisotopic (exact) mass is 973 g/mol. The summed E-state index contributed by atoms with van der Waals surface area (Å²) in [5.74, 6) is 2.44. The second-order valence-electron chi connectivity index (χ2n) is 12.6. The quantitative estimate of drug-likeness (QED) is 0.0882. The molecule has 0 saturated carbocycles. The van der Waals surface area contributed by atoms with E-state index in [1.807, 2.05) is 0 Å². The van der Waals surface area contributed by atoms with Gasteiger partial charge in [-0.3, -0.25) is 0 Å². The van der Waals surface area contributed by atoms with Gasteiger partial charge in [0.15, 0.2) is 0 Å². The average Bonchev–Trinajstić information content (AvgIpc) is 3.01. The van der Waals surface area contributed by atoms with Crippen LogP contribution in [0.3, 0.4) is 0 Å². The molecule has 0 atom stereocenters. The Morgan fingerprint density at radius 1 is 0.412 bits per heavy atom. The second kappa shape index (κ2) is 24.9. The van der Waals surface area contributed by atoms with Crippen molar-refractivity contribution >= 4 is 75.1 Å². The van der Waals surface area contributed by atoms with Gasteiger partial charge in [0.1, 0.15) is 0 Å². The summed E-state index contributed by atoms with van der Waals surface area (Å²) in [7, 11) is -12.4. The third-order valence-electron chi connectivity index (χ3n) is 5.97. The molecule has 0 saturated heterocycles. The minimum Gasteiger partial charge on any atom is -0.418 e. The molecule has 0 aliphatic carbocycles. The van der Waals surface area contributed by atoms with Crippen molar-refractivity contribution in [2.45, 2.75) is 51.0 Å². The normalized spacial score (nSPS) is 11.6. The number of rotatable bonds is 10. The van der Waals surface area contributed by atoms with Gasteiger partial charge in [-0.25, -0.2) is 0 Å². The molecule has 0 aliphatic rings. The molecule has 0 bridgehead atoms. The molecule has 0 spiro atoms. The van der Waals surface area contributed by atoms with E-state index < -0.39 is 14.5 Å². The van der Waals surface area contributed by atoms with Crippen molar-refractivity contribution in [2.24, 2.45) is 0 Å². The largest absolute Gasteiger partial charge is 2.00 e. The number of halogens is 8. The Morgan fingerprint density at radius 3 is 0.745 bits per heavy atom. The molecular formula is C36H46B2F8P2PtS2. The number of thioether (sulfide) groups is 2. The van der Waals surface area contributed by atoms with Crippen LogP contribution in [0.25, 0.3) is 0 Å². The van der Waals surface area contributed by atoms with Crippen molar-refractivity contribution in [3.05, 3.63) is 121 Å². The van der Waals surface area contributed by atoms with Crippen LogP contribution >= 0.6 is 39.4 Å².